The van der Waals surface area contributed by atoms with Gasteiger partial charge < -0.3 is 23.5 Å². The highest BCUT2D eigenvalue weighted by molar-refractivity contribution is 7.14. The minimum Gasteiger partial charge on any atom is -0.497 e. The topological polar surface area (TPSA) is 74.3 Å². The number of amides is 1. The molecule has 1 aliphatic rings. The van der Waals surface area contributed by atoms with Crippen LogP contribution in [0.1, 0.15) is 91.6 Å². The number of benzene rings is 4. The van der Waals surface area contributed by atoms with Crippen molar-refractivity contribution < 1.29 is 28.2 Å². The highest BCUT2D eigenvalue weighted by atomic mass is 32.1. The third-order valence-corrected chi connectivity index (χ3v) is 17.1. The quantitative estimate of drug-likeness (QED) is 0.0380. The van der Waals surface area contributed by atoms with E-state index in [0.717, 1.165) is 53.1 Å². The SMILES string of the molecule is CCCCCC(OCc1ccc(OC)cc1)c1ccc(N2C(=O)C[C@@H](O[Si](c3ccccc3)(c3ccccc3)C(C)(C)C)[C@@H]2C=CCc2ccc(C(=O)OC)s2)cc1. The van der Waals surface area contributed by atoms with E-state index in [1.807, 2.05) is 47.4 Å². The van der Waals surface area contributed by atoms with E-state index >= 15 is 0 Å². The van der Waals surface area contributed by atoms with E-state index in [0.29, 0.717) is 17.9 Å². The first-order valence-electron chi connectivity index (χ1n) is 20.4. The van der Waals surface area contributed by atoms with E-state index in [-0.39, 0.29) is 35.5 Å². The van der Waals surface area contributed by atoms with Crippen molar-refractivity contribution in [3.63, 3.8) is 0 Å². The molecular weight excluding hydrogens is 759 g/mol. The van der Waals surface area contributed by atoms with E-state index in [1.54, 1.807) is 13.2 Å². The van der Waals surface area contributed by atoms with Crippen LogP contribution in [0.3, 0.4) is 0 Å². The molecule has 5 aromatic rings. The molecule has 3 atom stereocenters. The van der Waals surface area contributed by atoms with Gasteiger partial charge in [0.15, 0.2) is 0 Å². The second kappa shape index (κ2) is 19.8. The molecule has 1 fully saturated rings. The number of hydrogen-bond acceptors (Lipinski definition) is 7. The van der Waals surface area contributed by atoms with Gasteiger partial charge in [0, 0.05) is 10.6 Å². The Balaban J connectivity index is 1.34. The number of methoxy groups -OCH3 is 2. The van der Waals surface area contributed by atoms with Crippen LogP contribution in [-0.2, 0) is 31.7 Å². The van der Waals surface area contributed by atoms with Gasteiger partial charge >= 0.3 is 5.97 Å². The Morgan fingerprint density at radius 3 is 2.10 bits per heavy atom. The zero-order valence-corrected chi connectivity index (χ0v) is 36.5. The lowest BCUT2D eigenvalue weighted by Crippen LogP contribution is -2.68. The van der Waals surface area contributed by atoms with Crippen LogP contribution >= 0.6 is 11.3 Å². The van der Waals surface area contributed by atoms with Crippen molar-refractivity contribution in [1.29, 1.82) is 0 Å². The lowest BCUT2D eigenvalue weighted by Gasteiger charge is -2.45. The first kappa shape index (κ1) is 42.8. The molecule has 4 aromatic carbocycles. The van der Waals surface area contributed by atoms with Gasteiger partial charge in [-0.05, 0) is 75.8 Å². The van der Waals surface area contributed by atoms with E-state index < -0.39 is 14.4 Å². The molecule has 0 bridgehead atoms. The molecule has 58 heavy (non-hydrogen) atoms. The summed E-state index contributed by atoms with van der Waals surface area (Å²) in [5.74, 6) is 0.500. The summed E-state index contributed by atoms with van der Waals surface area (Å²) in [5, 5.41) is 2.08. The lowest BCUT2D eigenvalue weighted by molar-refractivity contribution is -0.117. The van der Waals surface area contributed by atoms with Gasteiger partial charge in [0.25, 0.3) is 8.32 Å². The van der Waals surface area contributed by atoms with Crippen molar-refractivity contribution in [3.8, 4) is 5.75 Å². The van der Waals surface area contributed by atoms with Crippen LogP contribution in [0.5, 0.6) is 5.75 Å². The van der Waals surface area contributed by atoms with Crippen LogP contribution in [0, 0.1) is 0 Å². The van der Waals surface area contributed by atoms with Crippen LogP contribution in [0.25, 0.3) is 0 Å². The maximum absolute atomic E-state index is 14.4. The minimum absolute atomic E-state index is 0.0182. The predicted molar refractivity (Wildman–Crippen MR) is 238 cm³/mol. The zero-order chi connectivity index (χ0) is 41.1. The van der Waals surface area contributed by atoms with Crippen LogP contribution in [-0.4, -0.2) is 46.6 Å². The second-order valence-corrected chi connectivity index (χ2v) is 21.3. The molecule has 1 amide bonds. The van der Waals surface area contributed by atoms with Crippen molar-refractivity contribution in [2.24, 2.45) is 0 Å². The average Bonchev–Trinajstić information content (AvgIpc) is 3.84. The number of ether oxygens (including phenoxy) is 3. The number of rotatable bonds is 18. The number of hydrogen-bond donors (Lipinski definition) is 0. The Labute approximate surface area is 349 Å². The number of anilines is 1. The Bertz CT molecular complexity index is 2050. The average molecular weight is 816 g/mol. The fraction of sp³-hybridized carbons (Fsp3) is 0.347. The maximum atomic E-state index is 14.4. The van der Waals surface area contributed by atoms with Crippen molar-refractivity contribution in [2.75, 3.05) is 19.1 Å². The smallest absolute Gasteiger partial charge is 0.348 e. The fourth-order valence-electron chi connectivity index (χ4n) is 8.00. The van der Waals surface area contributed by atoms with Gasteiger partial charge in [-0.1, -0.05) is 144 Å². The third kappa shape index (κ3) is 9.89. The molecule has 9 heteroatoms. The van der Waals surface area contributed by atoms with Gasteiger partial charge in [-0.2, -0.15) is 0 Å². The first-order valence-corrected chi connectivity index (χ1v) is 23.1. The molecule has 0 radical (unpaired) electrons. The van der Waals surface area contributed by atoms with Gasteiger partial charge in [0.1, 0.15) is 10.6 Å². The first-order chi connectivity index (χ1) is 28.1. The highest BCUT2D eigenvalue weighted by Crippen LogP contribution is 2.41. The molecule has 1 aliphatic heterocycles. The summed E-state index contributed by atoms with van der Waals surface area (Å²) < 4.78 is 24.5. The molecule has 7 nitrogen and oxygen atoms in total. The molecular formula is C49H57NO6SSi. The van der Waals surface area contributed by atoms with Crippen molar-refractivity contribution >= 4 is 47.6 Å². The summed E-state index contributed by atoms with van der Waals surface area (Å²) in [6.45, 7) is 9.50. The zero-order valence-electron chi connectivity index (χ0n) is 34.7. The maximum Gasteiger partial charge on any atom is 0.348 e. The Kier molecular flexibility index (Phi) is 14.6. The van der Waals surface area contributed by atoms with Crippen molar-refractivity contribution in [2.45, 2.75) is 96.1 Å². The van der Waals surface area contributed by atoms with E-state index in [4.69, 9.17) is 18.6 Å². The molecule has 1 aromatic heterocycles. The van der Waals surface area contributed by atoms with Gasteiger partial charge in [0.2, 0.25) is 5.91 Å². The molecule has 0 N–H and O–H groups in total. The number of carbonyl (C=O) groups is 2. The number of allylic oxidation sites excluding steroid dienone is 1. The molecule has 6 rings (SSSR count). The molecule has 1 unspecified atom stereocenters. The fourth-order valence-corrected chi connectivity index (χ4v) is 13.6. The standard InChI is InChI=1S/C49H57NO6SSi/c1-7-8-11-23-44(55-35-36-24-30-39(53-5)31-25-36)37-26-28-38(29-27-37)50-43(22-16-17-40-32-33-46(57-40)48(52)54-6)45(34-47(50)51)56-58(49(2,3)4,41-18-12-9-13-19-41)42-20-14-10-15-21-42/h9-10,12-16,18-22,24-33,43-45H,7-8,11,17,23,34-35H2,1-6H3/t43-,44?,45+/m0/s1. The second-order valence-electron chi connectivity index (χ2n) is 15.9. The third-order valence-electron chi connectivity index (χ3n) is 11.0. The molecule has 0 aliphatic carbocycles. The van der Waals surface area contributed by atoms with Crippen LogP contribution in [0.15, 0.2) is 133 Å². The largest absolute Gasteiger partial charge is 0.497 e. The molecule has 2 heterocycles. The normalized spacial score (nSPS) is 16.5. The predicted octanol–water partition coefficient (Wildman–Crippen LogP) is 10.2. The Hall–Kier alpha value is -4.80. The summed E-state index contributed by atoms with van der Waals surface area (Å²) in [4.78, 5) is 30.1. The monoisotopic (exact) mass is 815 g/mol. The Morgan fingerprint density at radius 1 is 0.862 bits per heavy atom. The number of esters is 1. The van der Waals surface area contributed by atoms with Gasteiger partial charge in [-0.3, -0.25) is 4.79 Å². The van der Waals surface area contributed by atoms with Crippen LogP contribution < -0.4 is 20.0 Å². The van der Waals surface area contributed by atoms with Crippen LogP contribution in [0.2, 0.25) is 5.04 Å². The summed E-state index contributed by atoms with van der Waals surface area (Å²) in [7, 11) is 0.0670. The van der Waals surface area contributed by atoms with E-state index in [1.165, 1.54) is 28.8 Å². The summed E-state index contributed by atoms with van der Waals surface area (Å²) in [5.41, 5.74) is 3.00. The molecule has 304 valence electrons. The van der Waals surface area contributed by atoms with Gasteiger partial charge in [-0.15, -0.1) is 11.3 Å². The number of carbonyl (C=O) groups excluding carboxylic acids is 2. The van der Waals surface area contributed by atoms with Crippen molar-refractivity contribution in [1.82, 2.24) is 0 Å². The highest BCUT2D eigenvalue weighted by Gasteiger charge is 2.54. The van der Waals surface area contributed by atoms with E-state index in [2.05, 4.69) is 113 Å². The summed E-state index contributed by atoms with van der Waals surface area (Å²) in [6, 6.07) is 40.9. The number of unbranched alkanes of at least 4 members (excludes halogenated alkanes) is 2. The lowest BCUT2D eigenvalue weighted by atomic mass is 10.0. The minimum atomic E-state index is -3.00. The van der Waals surface area contributed by atoms with Crippen molar-refractivity contribution in [3.05, 3.63) is 154 Å². The summed E-state index contributed by atoms with van der Waals surface area (Å²) in [6.07, 6.45) is 8.83. The molecule has 0 saturated carbocycles. The summed E-state index contributed by atoms with van der Waals surface area (Å²) >= 11 is 1.42. The van der Waals surface area contributed by atoms with Crippen LogP contribution in [0.4, 0.5) is 5.69 Å². The van der Waals surface area contributed by atoms with E-state index in [9.17, 15) is 9.59 Å². The van der Waals surface area contributed by atoms with Gasteiger partial charge in [0.05, 0.1) is 45.5 Å². The number of thiophene rings is 1. The molecule has 0 spiro atoms. The Morgan fingerprint density at radius 2 is 1.52 bits per heavy atom. The van der Waals surface area contributed by atoms with Gasteiger partial charge in [-0.25, -0.2) is 4.79 Å². The molecule has 1 saturated heterocycles. The number of nitrogens with zero attached hydrogens (tertiary/aromatic N) is 1.